The summed E-state index contributed by atoms with van der Waals surface area (Å²) in [6.07, 6.45) is 3.61. The minimum atomic E-state index is -3.37. The lowest BCUT2D eigenvalue weighted by molar-refractivity contribution is 0.445. The highest BCUT2D eigenvalue weighted by atomic mass is 32.2. The molecule has 2 fully saturated rings. The SMILES string of the molecule is Cc1c(CN)cccc1S(=O)(=O)N1CC2CCCC2C1. The van der Waals surface area contributed by atoms with Gasteiger partial charge in [-0.2, -0.15) is 4.31 Å². The highest BCUT2D eigenvalue weighted by Gasteiger charge is 2.41. The molecule has 1 saturated carbocycles. The van der Waals surface area contributed by atoms with Gasteiger partial charge in [-0.25, -0.2) is 8.42 Å². The van der Waals surface area contributed by atoms with Gasteiger partial charge < -0.3 is 5.73 Å². The third-order valence-electron chi connectivity index (χ3n) is 4.93. The zero-order valence-corrected chi connectivity index (χ0v) is 12.7. The van der Waals surface area contributed by atoms with E-state index in [9.17, 15) is 8.42 Å². The van der Waals surface area contributed by atoms with E-state index in [0.29, 0.717) is 36.4 Å². The number of benzene rings is 1. The summed E-state index contributed by atoms with van der Waals surface area (Å²) in [7, 11) is -3.37. The molecule has 4 nitrogen and oxygen atoms in total. The third-order valence-corrected chi connectivity index (χ3v) is 6.90. The lowest BCUT2D eigenvalue weighted by Crippen LogP contribution is -2.30. The Morgan fingerprint density at radius 1 is 1.25 bits per heavy atom. The van der Waals surface area contributed by atoms with Crippen LogP contribution in [0.4, 0.5) is 0 Å². The normalized spacial score (nSPS) is 26.9. The second-order valence-corrected chi connectivity index (χ2v) is 7.92. The van der Waals surface area contributed by atoms with Crippen LogP contribution in [0.15, 0.2) is 23.1 Å². The first kappa shape index (κ1) is 14.0. The summed E-state index contributed by atoms with van der Waals surface area (Å²) in [5.41, 5.74) is 7.39. The molecule has 0 amide bonds. The van der Waals surface area contributed by atoms with Crippen LogP contribution >= 0.6 is 0 Å². The van der Waals surface area contributed by atoms with Gasteiger partial charge in [0.2, 0.25) is 10.0 Å². The van der Waals surface area contributed by atoms with Crippen LogP contribution in [0.3, 0.4) is 0 Å². The maximum Gasteiger partial charge on any atom is 0.243 e. The van der Waals surface area contributed by atoms with Gasteiger partial charge in [-0.1, -0.05) is 18.6 Å². The van der Waals surface area contributed by atoms with Crippen LogP contribution in [0.25, 0.3) is 0 Å². The fraction of sp³-hybridized carbons (Fsp3) is 0.600. The molecule has 1 aliphatic carbocycles. The minimum Gasteiger partial charge on any atom is -0.326 e. The van der Waals surface area contributed by atoms with Crippen molar-refractivity contribution >= 4 is 10.0 Å². The molecule has 20 heavy (non-hydrogen) atoms. The largest absolute Gasteiger partial charge is 0.326 e. The summed E-state index contributed by atoms with van der Waals surface area (Å²) in [6.45, 7) is 3.62. The Bertz CT molecular complexity index is 600. The van der Waals surface area contributed by atoms with Crippen molar-refractivity contribution in [3.63, 3.8) is 0 Å². The molecule has 2 atom stereocenters. The standard InChI is InChI=1S/C15H22N2O2S/c1-11-12(8-16)4-3-7-15(11)20(18,19)17-9-13-5-2-6-14(13)10-17/h3-4,7,13-14H,2,5-6,8-10,16H2,1H3. The van der Waals surface area contributed by atoms with E-state index in [-0.39, 0.29) is 0 Å². The molecule has 110 valence electrons. The molecule has 2 N–H and O–H groups in total. The Kier molecular flexibility index (Phi) is 3.60. The fourth-order valence-corrected chi connectivity index (χ4v) is 5.51. The van der Waals surface area contributed by atoms with Crippen molar-refractivity contribution in [3.8, 4) is 0 Å². The Morgan fingerprint density at radius 3 is 2.50 bits per heavy atom. The molecule has 0 aromatic heterocycles. The van der Waals surface area contributed by atoms with Crippen molar-refractivity contribution in [3.05, 3.63) is 29.3 Å². The zero-order chi connectivity index (χ0) is 14.3. The minimum absolute atomic E-state index is 0.375. The van der Waals surface area contributed by atoms with E-state index in [1.54, 1.807) is 16.4 Å². The number of nitrogens with zero attached hydrogens (tertiary/aromatic N) is 1. The lowest BCUT2D eigenvalue weighted by atomic mass is 10.0. The van der Waals surface area contributed by atoms with Crippen LogP contribution in [0, 0.1) is 18.8 Å². The van der Waals surface area contributed by atoms with Crippen molar-refractivity contribution in [2.45, 2.75) is 37.6 Å². The summed E-state index contributed by atoms with van der Waals surface area (Å²) < 4.78 is 27.4. The van der Waals surface area contributed by atoms with Crippen LogP contribution in [-0.2, 0) is 16.6 Å². The van der Waals surface area contributed by atoms with Crippen molar-refractivity contribution in [1.29, 1.82) is 0 Å². The highest BCUT2D eigenvalue weighted by molar-refractivity contribution is 7.89. The Labute approximate surface area is 121 Å². The monoisotopic (exact) mass is 294 g/mol. The molecule has 0 bridgehead atoms. The fourth-order valence-electron chi connectivity index (χ4n) is 3.69. The van der Waals surface area contributed by atoms with E-state index < -0.39 is 10.0 Å². The van der Waals surface area contributed by atoms with Gasteiger partial charge in [0.1, 0.15) is 0 Å². The number of nitrogens with two attached hydrogens (primary N) is 1. The highest BCUT2D eigenvalue weighted by Crippen LogP contribution is 2.40. The van der Waals surface area contributed by atoms with E-state index >= 15 is 0 Å². The maximum absolute atomic E-state index is 12.8. The first-order chi connectivity index (χ1) is 9.54. The second-order valence-electron chi connectivity index (χ2n) is 6.02. The average molecular weight is 294 g/mol. The van der Waals surface area contributed by atoms with Gasteiger partial charge in [-0.05, 0) is 48.8 Å². The number of rotatable bonds is 3. The van der Waals surface area contributed by atoms with E-state index in [4.69, 9.17) is 5.73 Å². The Morgan fingerprint density at radius 2 is 1.90 bits per heavy atom. The van der Waals surface area contributed by atoms with Crippen LogP contribution in [0.2, 0.25) is 0 Å². The van der Waals surface area contributed by atoms with E-state index in [2.05, 4.69) is 0 Å². The van der Waals surface area contributed by atoms with Gasteiger partial charge in [0.05, 0.1) is 4.90 Å². The topological polar surface area (TPSA) is 63.4 Å². The second kappa shape index (κ2) is 5.13. The molecule has 5 heteroatoms. The maximum atomic E-state index is 12.8. The summed E-state index contributed by atoms with van der Waals surface area (Å²) in [5, 5.41) is 0. The summed E-state index contributed by atoms with van der Waals surface area (Å²) in [6, 6.07) is 5.39. The molecule has 1 heterocycles. The molecule has 1 saturated heterocycles. The molecule has 0 radical (unpaired) electrons. The first-order valence-corrected chi connectivity index (χ1v) is 8.76. The zero-order valence-electron chi connectivity index (χ0n) is 11.9. The summed E-state index contributed by atoms with van der Waals surface area (Å²) >= 11 is 0. The molecule has 2 aliphatic rings. The smallest absolute Gasteiger partial charge is 0.243 e. The molecular formula is C15H22N2O2S. The van der Waals surface area contributed by atoms with Crippen LogP contribution in [0.5, 0.6) is 0 Å². The number of hydrogen-bond donors (Lipinski definition) is 1. The van der Waals surface area contributed by atoms with Gasteiger partial charge >= 0.3 is 0 Å². The number of sulfonamides is 1. The molecule has 3 rings (SSSR count). The van der Waals surface area contributed by atoms with Crippen molar-refractivity contribution in [2.24, 2.45) is 17.6 Å². The van der Waals surface area contributed by atoms with E-state index in [1.165, 1.54) is 19.3 Å². The van der Waals surface area contributed by atoms with E-state index in [1.807, 2.05) is 13.0 Å². The Hall–Kier alpha value is -0.910. The van der Waals surface area contributed by atoms with Crippen LogP contribution < -0.4 is 5.73 Å². The third kappa shape index (κ3) is 2.18. The van der Waals surface area contributed by atoms with Crippen molar-refractivity contribution < 1.29 is 8.42 Å². The van der Waals surface area contributed by atoms with Gasteiger partial charge in [0.15, 0.2) is 0 Å². The molecule has 1 aliphatic heterocycles. The van der Waals surface area contributed by atoms with Crippen molar-refractivity contribution in [1.82, 2.24) is 4.31 Å². The lowest BCUT2D eigenvalue weighted by Gasteiger charge is -2.19. The van der Waals surface area contributed by atoms with Crippen LogP contribution in [0.1, 0.15) is 30.4 Å². The molecule has 0 spiro atoms. The quantitative estimate of drug-likeness (QED) is 0.925. The van der Waals surface area contributed by atoms with Crippen LogP contribution in [-0.4, -0.2) is 25.8 Å². The molecule has 2 unspecified atom stereocenters. The molecule has 1 aromatic rings. The van der Waals surface area contributed by atoms with E-state index in [0.717, 1.165) is 11.1 Å². The predicted octanol–water partition coefficient (Wildman–Crippen LogP) is 1.87. The molecular weight excluding hydrogens is 272 g/mol. The Balaban J connectivity index is 1.93. The predicted molar refractivity (Wildman–Crippen MR) is 78.7 cm³/mol. The first-order valence-electron chi connectivity index (χ1n) is 7.32. The average Bonchev–Trinajstić information content (AvgIpc) is 2.99. The van der Waals surface area contributed by atoms with Gasteiger partial charge in [0, 0.05) is 19.6 Å². The molecule has 1 aromatic carbocycles. The summed E-state index contributed by atoms with van der Waals surface area (Å²) in [5.74, 6) is 1.14. The van der Waals surface area contributed by atoms with Gasteiger partial charge in [-0.3, -0.25) is 0 Å². The van der Waals surface area contributed by atoms with Crippen molar-refractivity contribution in [2.75, 3.05) is 13.1 Å². The number of hydrogen-bond acceptors (Lipinski definition) is 3. The van der Waals surface area contributed by atoms with Gasteiger partial charge in [-0.15, -0.1) is 0 Å². The van der Waals surface area contributed by atoms with Gasteiger partial charge in [0.25, 0.3) is 0 Å². The summed E-state index contributed by atoms with van der Waals surface area (Å²) in [4.78, 5) is 0.431. The number of fused-ring (bicyclic) bond motifs is 1.